The summed E-state index contributed by atoms with van der Waals surface area (Å²) in [5.74, 6) is 0.339. The zero-order chi connectivity index (χ0) is 24.5. The van der Waals surface area contributed by atoms with Gasteiger partial charge >= 0.3 is 0 Å². The summed E-state index contributed by atoms with van der Waals surface area (Å²) < 4.78 is 14.9. The molecule has 1 aliphatic rings. The molecule has 9 heteroatoms. The van der Waals surface area contributed by atoms with E-state index >= 15 is 0 Å². The van der Waals surface area contributed by atoms with Crippen LogP contribution in [0.4, 0.5) is 15.9 Å². The van der Waals surface area contributed by atoms with Crippen LogP contribution in [0.1, 0.15) is 55.0 Å². The number of pyridine rings is 1. The SMILES string of the molecule is CC(C)c1ncc(C(=O)Nc2c(-c3ccccc3F)cc(C#N)nc2N2CCC(C)(I)C2)cn1. The Hall–Kier alpha value is -3.13. The van der Waals surface area contributed by atoms with Gasteiger partial charge in [-0.15, -0.1) is 0 Å². The number of alkyl halides is 1. The van der Waals surface area contributed by atoms with Crippen molar-refractivity contribution < 1.29 is 9.18 Å². The lowest BCUT2D eigenvalue weighted by Crippen LogP contribution is -2.27. The molecule has 1 atom stereocenters. The smallest absolute Gasteiger partial charge is 0.258 e. The molecule has 7 nitrogen and oxygen atoms in total. The standard InChI is InChI=1S/C25H24FIN6O/c1-15(2)22-29-12-16(13-30-22)24(34)32-21-19(18-6-4-5-7-20(18)26)10-17(11-28)31-23(21)33-9-8-25(3,27)14-33/h4-7,10,12-13,15H,8-9,14H2,1-3H3,(H,32,34). The summed E-state index contributed by atoms with van der Waals surface area (Å²) in [5.41, 5.74) is 1.46. The van der Waals surface area contributed by atoms with Crippen LogP contribution in [0.15, 0.2) is 42.7 Å². The number of amides is 1. The Labute approximate surface area is 211 Å². The Bertz CT molecular complexity index is 1270. The summed E-state index contributed by atoms with van der Waals surface area (Å²) in [7, 11) is 0. The minimum absolute atomic E-state index is 0.0159. The molecule has 1 amide bonds. The minimum Gasteiger partial charge on any atom is -0.353 e. The van der Waals surface area contributed by atoms with Gasteiger partial charge < -0.3 is 10.2 Å². The average molecular weight is 570 g/mol. The monoisotopic (exact) mass is 570 g/mol. The van der Waals surface area contributed by atoms with Gasteiger partial charge in [0.15, 0.2) is 5.82 Å². The van der Waals surface area contributed by atoms with E-state index < -0.39 is 11.7 Å². The predicted molar refractivity (Wildman–Crippen MR) is 138 cm³/mol. The molecule has 3 heterocycles. The topological polar surface area (TPSA) is 94.8 Å². The predicted octanol–water partition coefficient (Wildman–Crippen LogP) is 5.33. The summed E-state index contributed by atoms with van der Waals surface area (Å²) in [6.07, 6.45) is 3.88. The van der Waals surface area contributed by atoms with Crippen LogP contribution in [0.2, 0.25) is 0 Å². The van der Waals surface area contributed by atoms with Crippen LogP contribution in [0.3, 0.4) is 0 Å². The number of carbonyl (C=O) groups excluding carboxylic acids is 1. The van der Waals surface area contributed by atoms with Gasteiger partial charge in [0.05, 0.1) is 11.3 Å². The Morgan fingerprint density at radius 1 is 1.26 bits per heavy atom. The van der Waals surface area contributed by atoms with Crippen molar-refractivity contribution in [3.05, 3.63) is 65.6 Å². The zero-order valence-corrected chi connectivity index (χ0v) is 21.3. The second kappa shape index (κ2) is 9.62. The molecule has 34 heavy (non-hydrogen) atoms. The van der Waals surface area contributed by atoms with Crippen LogP contribution in [0.5, 0.6) is 0 Å². The van der Waals surface area contributed by atoms with Crippen molar-refractivity contribution in [3.8, 4) is 17.2 Å². The maximum absolute atomic E-state index is 14.9. The van der Waals surface area contributed by atoms with Crippen LogP contribution in [-0.2, 0) is 0 Å². The van der Waals surface area contributed by atoms with Crippen LogP contribution in [0.25, 0.3) is 11.1 Å². The molecule has 3 aromatic rings. The van der Waals surface area contributed by atoms with E-state index in [-0.39, 0.29) is 26.2 Å². The van der Waals surface area contributed by atoms with E-state index in [1.807, 2.05) is 18.7 Å². The molecule has 0 radical (unpaired) electrons. The third-order valence-electron chi connectivity index (χ3n) is 5.69. The van der Waals surface area contributed by atoms with Crippen molar-refractivity contribution in [1.82, 2.24) is 15.0 Å². The van der Waals surface area contributed by atoms with Gasteiger partial charge in [-0.25, -0.2) is 19.3 Å². The van der Waals surface area contributed by atoms with Crippen molar-refractivity contribution in [3.63, 3.8) is 0 Å². The fraction of sp³-hybridized carbons (Fsp3) is 0.320. The molecule has 1 N–H and O–H groups in total. The van der Waals surface area contributed by atoms with E-state index in [0.717, 1.165) is 6.42 Å². The van der Waals surface area contributed by atoms with Crippen molar-refractivity contribution in [2.75, 3.05) is 23.3 Å². The molecule has 0 spiro atoms. The number of halogens is 2. The van der Waals surface area contributed by atoms with Crippen LogP contribution >= 0.6 is 22.6 Å². The van der Waals surface area contributed by atoms with Crippen molar-refractivity contribution in [2.45, 2.75) is 36.5 Å². The molecule has 1 fully saturated rings. The van der Waals surface area contributed by atoms with Crippen molar-refractivity contribution >= 4 is 40.0 Å². The van der Waals surface area contributed by atoms with Gasteiger partial charge in [0, 0.05) is 45.9 Å². The van der Waals surface area contributed by atoms with Crippen LogP contribution in [-0.4, -0.2) is 37.4 Å². The molecule has 0 saturated carbocycles. The lowest BCUT2D eigenvalue weighted by atomic mass is 10.0. The highest BCUT2D eigenvalue weighted by atomic mass is 127. The van der Waals surface area contributed by atoms with Gasteiger partial charge in [0.2, 0.25) is 0 Å². The molecule has 2 aromatic heterocycles. The van der Waals surface area contributed by atoms with E-state index in [4.69, 9.17) is 0 Å². The number of nitriles is 1. The quantitative estimate of drug-likeness (QED) is 0.329. The maximum atomic E-state index is 14.9. The summed E-state index contributed by atoms with van der Waals surface area (Å²) in [5, 5.41) is 12.6. The van der Waals surface area contributed by atoms with Gasteiger partial charge in [-0.05, 0) is 25.5 Å². The molecule has 1 unspecified atom stereocenters. The fourth-order valence-corrected chi connectivity index (χ4v) is 4.53. The third kappa shape index (κ3) is 5.01. The molecule has 4 rings (SSSR count). The van der Waals surface area contributed by atoms with E-state index in [2.05, 4.69) is 55.9 Å². The number of anilines is 2. The number of aromatic nitrogens is 3. The fourth-order valence-electron chi connectivity index (χ4n) is 3.88. The van der Waals surface area contributed by atoms with Gasteiger partial charge in [-0.3, -0.25) is 4.79 Å². The lowest BCUT2D eigenvalue weighted by Gasteiger charge is -2.24. The van der Waals surface area contributed by atoms with Crippen molar-refractivity contribution in [1.29, 1.82) is 5.26 Å². The van der Waals surface area contributed by atoms with E-state index in [1.54, 1.807) is 18.2 Å². The van der Waals surface area contributed by atoms with Crippen LogP contribution in [0, 0.1) is 17.1 Å². The highest BCUT2D eigenvalue weighted by Gasteiger charge is 2.34. The summed E-state index contributed by atoms with van der Waals surface area (Å²) in [6, 6.07) is 9.87. The number of hydrogen-bond donors (Lipinski definition) is 1. The summed E-state index contributed by atoms with van der Waals surface area (Å²) in [4.78, 5) is 28.3. The number of hydrogen-bond acceptors (Lipinski definition) is 6. The van der Waals surface area contributed by atoms with E-state index in [9.17, 15) is 14.4 Å². The molecule has 1 aliphatic heterocycles. The summed E-state index contributed by atoms with van der Waals surface area (Å²) >= 11 is 2.41. The zero-order valence-electron chi connectivity index (χ0n) is 19.1. The molecule has 1 aromatic carbocycles. The molecular formula is C25H24FIN6O. The molecule has 174 valence electrons. The maximum Gasteiger partial charge on any atom is 0.258 e. The van der Waals surface area contributed by atoms with Crippen LogP contribution < -0.4 is 10.2 Å². The Morgan fingerprint density at radius 3 is 2.56 bits per heavy atom. The lowest BCUT2D eigenvalue weighted by molar-refractivity contribution is 0.102. The van der Waals surface area contributed by atoms with E-state index in [0.29, 0.717) is 36.0 Å². The first-order valence-electron chi connectivity index (χ1n) is 11.0. The number of benzene rings is 1. The largest absolute Gasteiger partial charge is 0.353 e. The first-order valence-corrected chi connectivity index (χ1v) is 12.0. The van der Waals surface area contributed by atoms with E-state index in [1.165, 1.54) is 24.5 Å². The summed E-state index contributed by atoms with van der Waals surface area (Å²) in [6.45, 7) is 7.47. The molecule has 1 saturated heterocycles. The Morgan fingerprint density at radius 2 is 1.97 bits per heavy atom. The Kier molecular flexibility index (Phi) is 6.79. The van der Waals surface area contributed by atoms with Gasteiger partial charge in [0.1, 0.15) is 23.4 Å². The first-order chi connectivity index (χ1) is 16.2. The Balaban J connectivity index is 1.83. The second-order valence-corrected chi connectivity index (χ2v) is 11.5. The second-order valence-electron chi connectivity index (χ2n) is 8.87. The number of carbonyl (C=O) groups is 1. The number of nitrogens with zero attached hydrogens (tertiary/aromatic N) is 5. The third-order valence-corrected chi connectivity index (χ3v) is 6.57. The highest BCUT2D eigenvalue weighted by molar-refractivity contribution is 14.1. The molecule has 0 bridgehead atoms. The van der Waals surface area contributed by atoms with Crippen molar-refractivity contribution in [2.24, 2.45) is 0 Å². The minimum atomic E-state index is -0.455. The number of nitrogens with one attached hydrogen (secondary N) is 1. The van der Waals surface area contributed by atoms with Gasteiger partial charge in [-0.2, -0.15) is 5.26 Å². The number of rotatable bonds is 5. The van der Waals surface area contributed by atoms with Gasteiger partial charge in [-0.1, -0.05) is 54.6 Å². The molecular weight excluding hydrogens is 546 g/mol. The van der Waals surface area contributed by atoms with Gasteiger partial charge in [0.25, 0.3) is 5.91 Å². The highest BCUT2D eigenvalue weighted by Crippen LogP contribution is 2.41. The average Bonchev–Trinajstić information content (AvgIpc) is 3.19. The molecule has 0 aliphatic carbocycles. The first kappa shape index (κ1) is 24.0. The normalized spacial score (nSPS) is 17.6.